The second kappa shape index (κ2) is 9.46. The van der Waals surface area contributed by atoms with Gasteiger partial charge in [-0.2, -0.15) is 0 Å². The molecule has 0 unspecified atom stereocenters. The zero-order chi connectivity index (χ0) is 17.3. The van der Waals surface area contributed by atoms with Gasteiger partial charge in [0, 0.05) is 31.0 Å². The van der Waals surface area contributed by atoms with Gasteiger partial charge in [0.2, 0.25) is 5.91 Å². The predicted molar refractivity (Wildman–Crippen MR) is 114 cm³/mol. The summed E-state index contributed by atoms with van der Waals surface area (Å²) in [6.07, 6.45) is 5.96. The number of aryl methyl sites for hydroxylation is 1. The number of nitrogens with zero attached hydrogens (tertiary/aromatic N) is 2. The molecule has 150 valence electrons. The number of hydrogen-bond donors (Lipinski definition) is 2. The van der Waals surface area contributed by atoms with Crippen molar-refractivity contribution < 1.29 is 4.79 Å². The average Bonchev–Trinajstić information content (AvgIpc) is 3.01. The minimum Gasteiger partial charge on any atom is -0.342 e. The summed E-state index contributed by atoms with van der Waals surface area (Å²) >= 11 is 6.02. The monoisotopic (exact) mass is 432 g/mol. The summed E-state index contributed by atoms with van der Waals surface area (Å²) in [7, 11) is 0. The molecule has 8 heteroatoms. The molecule has 2 N–H and O–H groups in total. The number of halogens is 3. The lowest BCUT2D eigenvalue weighted by Crippen LogP contribution is -2.50. The van der Waals surface area contributed by atoms with Gasteiger partial charge in [0.25, 0.3) is 0 Å². The highest BCUT2D eigenvalue weighted by Gasteiger charge is 2.39. The van der Waals surface area contributed by atoms with Crippen molar-refractivity contribution in [2.24, 2.45) is 5.41 Å². The van der Waals surface area contributed by atoms with Crippen molar-refractivity contribution in [3.8, 4) is 0 Å². The van der Waals surface area contributed by atoms with E-state index in [1.54, 1.807) is 0 Å². The Bertz CT molecular complexity index is 773. The first-order valence-electron chi connectivity index (χ1n) is 9.26. The Balaban J connectivity index is 0.00000131. The van der Waals surface area contributed by atoms with Gasteiger partial charge in [0.05, 0.1) is 11.0 Å². The Hall–Kier alpha value is -1.01. The van der Waals surface area contributed by atoms with E-state index in [-0.39, 0.29) is 24.8 Å². The van der Waals surface area contributed by atoms with Gasteiger partial charge < -0.3 is 15.2 Å². The molecule has 1 aromatic carbocycles. The number of nitrogens with one attached hydrogen (secondary N) is 2. The Morgan fingerprint density at radius 2 is 1.96 bits per heavy atom. The Morgan fingerprint density at radius 1 is 1.19 bits per heavy atom. The van der Waals surface area contributed by atoms with Gasteiger partial charge in [0.1, 0.15) is 5.82 Å². The number of hydrogen-bond acceptors (Lipinski definition) is 3. The highest BCUT2D eigenvalue weighted by molar-refractivity contribution is 6.31. The molecule has 2 fully saturated rings. The standard InChI is InChI=1S/C19H25ClN4O.2ClH/c20-14-3-4-15-16(12-14)23-17(22-15)2-1-11-24-13-19(6-5-18(24)25)7-9-21-10-8-19;;/h3-4,12,21H,1-2,5-11,13H2,(H,22,23);2*1H. The van der Waals surface area contributed by atoms with Crippen molar-refractivity contribution in [1.29, 1.82) is 0 Å². The molecule has 27 heavy (non-hydrogen) atoms. The van der Waals surface area contributed by atoms with E-state index in [9.17, 15) is 4.79 Å². The third kappa shape index (κ3) is 5.08. The van der Waals surface area contributed by atoms with Gasteiger partial charge in [-0.3, -0.25) is 4.79 Å². The van der Waals surface area contributed by atoms with Crippen molar-refractivity contribution in [2.75, 3.05) is 26.2 Å². The van der Waals surface area contributed by atoms with Gasteiger partial charge in [0.15, 0.2) is 0 Å². The van der Waals surface area contributed by atoms with Crippen LogP contribution in [0.3, 0.4) is 0 Å². The van der Waals surface area contributed by atoms with Crippen molar-refractivity contribution in [2.45, 2.75) is 38.5 Å². The fraction of sp³-hybridized carbons (Fsp3) is 0.579. The molecule has 0 aliphatic carbocycles. The summed E-state index contributed by atoms with van der Waals surface area (Å²) in [6.45, 7) is 3.93. The molecule has 2 saturated heterocycles. The van der Waals surface area contributed by atoms with E-state index in [1.807, 2.05) is 18.2 Å². The first kappa shape index (κ1) is 22.3. The van der Waals surface area contributed by atoms with E-state index in [2.05, 4.69) is 20.2 Å². The predicted octanol–water partition coefficient (Wildman–Crippen LogP) is 3.98. The highest BCUT2D eigenvalue weighted by Crippen LogP contribution is 2.38. The van der Waals surface area contributed by atoms with E-state index in [0.717, 1.165) is 62.3 Å². The molecule has 0 bridgehead atoms. The maximum absolute atomic E-state index is 12.3. The summed E-state index contributed by atoms with van der Waals surface area (Å²) in [5.74, 6) is 1.29. The molecule has 1 spiro atoms. The smallest absolute Gasteiger partial charge is 0.222 e. The van der Waals surface area contributed by atoms with E-state index >= 15 is 0 Å². The van der Waals surface area contributed by atoms with Crippen LogP contribution in [0.15, 0.2) is 18.2 Å². The molecule has 1 aromatic heterocycles. The number of aromatic amines is 1. The van der Waals surface area contributed by atoms with Crippen molar-refractivity contribution in [3.05, 3.63) is 29.0 Å². The summed E-state index contributed by atoms with van der Waals surface area (Å²) in [4.78, 5) is 22.4. The van der Waals surface area contributed by atoms with Crippen LogP contribution in [0.5, 0.6) is 0 Å². The Morgan fingerprint density at radius 3 is 2.74 bits per heavy atom. The largest absolute Gasteiger partial charge is 0.342 e. The van der Waals surface area contributed by atoms with Crippen LogP contribution in [0.2, 0.25) is 5.02 Å². The minimum atomic E-state index is 0. The number of carbonyl (C=O) groups is 1. The number of piperidine rings is 2. The van der Waals surface area contributed by atoms with Gasteiger partial charge in [-0.05, 0) is 62.4 Å². The van der Waals surface area contributed by atoms with Crippen molar-refractivity contribution >= 4 is 53.4 Å². The zero-order valence-corrected chi connectivity index (χ0v) is 17.7. The third-order valence-electron chi connectivity index (χ3n) is 5.75. The van der Waals surface area contributed by atoms with Gasteiger partial charge in [-0.25, -0.2) is 4.98 Å². The molecule has 1 amide bonds. The normalized spacial score (nSPS) is 19.0. The number of rotatable bonds is 4. The number of amides is 1. The fourth-order valence-electron chi connectivity index (χ4n) is 4.26. The quantitative estimate of drug-likeness (QED) is 0.766. The third-order valence-corrected chi connectivity index (χ3v) is 5.98. The molecule has 2 aliphatic heterocycles. The van der Waals surface area contributed by atoms with Crippen LogP contribution in [0.4, 0.5) is 0 Å². The van der Waals surface area contributed by atoms with Crippen LogP contribution in [0, 0.1) is 5.41 Å². The number of carbonyl (C=O) groups excluding carboxylic acids is 1. The van der Waals surface area contributed by atoms with Crippen molar-refractivity contribution in [3.63, 3.8) is 0 Å². The lowest BCUT2D eigenvalue weighted by Gasteiger charge is -2.45. The van der Waals surface area contributed by atoms with Crippen LogP contribution in [-0.2, 0) is 11.2 Å². The number of H-pyrrole nitrogens is 1. The summed E-state index contributed by atoms with van der Waals surface area (Å²) in [5.41, 5.74) is 2.28. The molecule has 2 aliphatic rings. The lowest BCUT2D eigenvalue weighted by atomic mass is 9.72. The van der Waals surface area contributed by atoms with Crippen molar-refractivity contribution in [1.82, 2.24) is 20.2 Å². The van der Waals surface area contributed by atoms with Crippen LogP contribution >= 0.6 is 36.4 Å². The molecule has 5 nitrogen and oxygen atoms in total. The average molecular weight is 434 g/mol. The van der Waals surface area contributed by atoms with E-state index in [1.165, 1.54) is 12.8 Å². The minimum absolute atomic E-state index is 0. The maximum Gasteiger partial charge on any atom is 0.222 e. The van der Waals surface area contributed by atoms with Gasteiger partial charge in [-0.1, -0.05) is 11.6 Å². The second-order valence-corrected chi connectivity index (χ2v) is 7.95. The van der Waals surface area contributed by atoms with Crippen LogP contribution in [0.25, 0.3) is 11.0 Å². The number of benzene rings is 1. The van der Waals surface area contributed by atoms with E-state index < -0.39 is 0 Å². The topological polar surface area (TPSA) is 61.0 Å². The van der Waals surface area contributed by atoms with Crippen LogP contribution in [0.1, 0.15) is 37.9 Å². The molecule has 0 atom stereocenters. The number of fused-ring (bicyclic) bond motifs is 1. The fourth-order valence-corrected chi connectivity index (χ4v) is 4.43. The SMILES string of the molecule is Cl.Cl.O=C1CCC2(CCNCC2)CN1CCCc1nc2ccc(Cl)cc2[nH]1. The maximum atomic E-state index is 12.3. The molecule has 0 saturated carbocycles. The first-order chi connectivity index (χ1) is 12.1. The molecule has 2 aromatic rings. The Labute approximate surface area is 177 Å². The molecular formula is C19H27Cl3N4O. The lowest BCUT2D eigenvalue weighted by molar-refractivity contribution is -0.138. The highest BCUT2D eigenvalue weighted by atomic mass is 35.5. The molecule has 0 radical (unpaired) electrons. The van der Waals surface area contributed by atoms with Gasteiger partial charge in [-0.15, -0.1) is 24.8 Å². The second-order valence-electron chi connectivity index (χ2n) is 7.51. The van der Waals surface area contributed by atoms with Crippen LogP contribution < -0.4 is 5.32 Å². The molecule has 3 heterocycles. The number of likely N-dealkylation sites (tertiary alicyclic amines) is 1. The van der Waals surface area contributed by atoms with Crippen LogP contribution in [-0.4, -0.2) is 47.0 Å². The summed E-state index contributed by atoms with van der Waals surface area (Å²) in [6, 6.07) is 5.70. The molecular weight excluding hydrogens is 407 g/mol. The first-order valence-corrected chi connectivity index (χ1v) is 9.64. The molecule has 4 rings (SSSR count). The summed E-state index contributed by atoms with van der Waals surface area (Å²) < 4.78 is 0. The number of imidazole rings is 1. The van der Waals surface area contributed by atoms with E-state index in [4.69, 9.17) is 11.6 Å². The van der Waals surface area contributed by atoms with E-state index in [0.29, 0.717) is 22.8 Å². The summed E-state index contributed by atoms with van der Waals surface area (Å²) in [5, 5.41) is 4.15. The number of aromatic nitrogens is 2. The zero-order valence-electron chi connectivity index (χ0n) is 15.3. The van der Waals surface area contributed by atoms with Gasteiger partial charge >= 0.3 is 0 Å². The Kier molecular flexibility index (Phi) is 7.81.